The smallest absolute Gasteiger partial charge is 0.164 e. The average Bonchev–Trinajstić information content (AvgIpc) is 3.35. The number of aliphatic hydroxyl groups excluding tert-OH is 1. The zero-order valence-electron chi connectivity index (χ0n) is 13.5. The molecule has 0 spiro atoms. The number of aliphatic hydroxyl groups is 1. The van der Waals surface area contributed by atoms with E-state index >= 15 is 0 Å². The standard InChI is InChI=1S/C19H22O4/c1-21-17-9-8-16(10-18(17)22-2)23-13-19(11-15(19)12-20)14-6-4-3-5-7-14/h3-10,15,20H,11-13H2,1-2H3. The molecule has 0 aliphatic heterocycles. The fourth-order valence-corrected chi connectivity index (χ4v) is 3.12. The Bertz CT molecular complexity index is 656. The molecular weight excluding hydrogens is 292 g/mol. The molecule has 2 aromatic rings. The lowest BCUT2D eigenvalue weighted by Crippen LogP contribution is -2.21. The summed E-state index contributed by atoms with van der Waals surface area (Å²) in [6, 6.07) is 15.8. The molecular formula is C19H22O4. The lowest BCUT2D eigenvalue weighted by molar-refractivity contribution is 0.225. The van der Waals surface area contributed by atoms with E-state index in [2.05, 4.69) is 12.1 Å². The molecule has 4 heteroatoms. The quantitative estimate of drug-likeness (QED) is 0.853. The lowest BCUT2D eigenvalue weighted by atomic mass is 9.94. The second-order valence-electron chi connectivity index (χ2n) is 5.91. The minimum Gasteiger partial charge on any atom is -0.493 e. The molecule has 0 bridgehead atoms. The predicted molar refractivity (Wildman–Crippen MR) is 88.4 cm³/mol. The van der Waals surface area contributed by atoms with Crippen LogP contribution in [0.4, 0.5) is 0 Å². The van der Waals surface area contributed by atoms with E-state index in [1.807, 2.05) is 36.4 Å². The number of hydrogen-bond acceptors (Lipinski definition) is 4. The van der Waals surface area contributed by atoms with E-state index in [0.717, 1.165) is 12.2 Å². The first-order valence-corrected chi connectivity index (χ1v) is 7.74. The lowest BCUT2D eigenvalue weighted by Gasteiger charge is -2.19. The normalized spacial score (nSPS) is 22.5. The van der Waals surface area contributed by atoms with Crippen LogP contribution in [-0.4, -0.2) is 32.5 Å². The zero-order valence-corrected chi connectivity index (χ0v) is 13.5. The fraction of sp³-hybridized carbons (Fsp3) is 0.368. The van der Waals surface area contributed by atoms with Gasteiger partial charge in [-0.2, -0.15) is 0 Å². The van der Waals surface area contributed by atoms with Crippen molar-refractivity contribution in [3.8, 4) is 17.2 Å². The molecule has 2 atom stereocenters. The molecule has 1 aliphatic rings. The number of ether oxygens (including phenoxy) is 3. The van der Waals surface area contributed by atoms with E-state index in [9.17, 15) is 5.11 Å². The minimum atomic E-state index is -0.0941. The highest BCUT2D eigenvalue weighted by Gasteiger charge is 2.55. The molecule has 0 saturated heterocycles. The van der Waals surface area contributed by atoms with E-state index in [4.69, 9.17) is 14.2 Å². The molecule has 3 rings (SSSR count). The largest absolute Gasteiger partial charge is 0.493 e. The molecule has 23 heavy (non-hydrogen) atoms. The first-order valence-electron chi connectivity index (χ1n) is 7.74. The van der Waals surface area contributed by atoms with Gasteiger partial charge in [-0.1, -0.05) is 30.3 Å². The Labute approximate surface area is 136 Å². The highest BCUT2D eigenvalue weighted by Crippen LogP contribution is 2.54. The highest BCUT2D eigenvalue weighted by molar-refractivity contribution is 5.45. The number of benzene rings is 2. The molecule has 0 aromatic heterocycles. The number of methoxy groups -OCH3 is 2. The van der Waals surface area contributed by atoms with Crippen LogP contribution in [0.25, 0.3) is 0 Å². The van der Waals surface area contributed by atoms with Gasteiger partial charge in [-0.3, -0.25) is 0 Å². The molecule has 2 aromatic carbocycles. The summed E-state index contributed by atoms with van der Waals surface area (Å²) < 4.78 is 16.6. The third kappa shape index (κ3) is 2.99. The van der Waals surface area contributed by atoms with Crippen LogP contribution in [0, 0.1) is 5.92 Å². The third-order valence-electron chi connectivity index (χ3n) is 4.65. The van der Waals surface area contributed by atoms with Gasteiger partial charge in [0.05, 0.1) is 20.8 Å². The van der Waals surface area contributed by atoms with Crippen molar-refractivity contribution in [1.29, 1.82) is 0 Å². The van der Waals surface area contributed by atoms with Crippen LogP contribution in [0.2, 0.25) is 0 Å². The Morgan fingerprint density at radius 1 is 1.04 bits per heavy atom. The Balaban J connectivity index is 1.76. The second kappa shape index (κ2) is 6.50. The van der Waals surface area contributed by atoms with E-state index in [-0.39, 0.29) is 17.9 Å². The van der Waals surface area contributed by atoms with Crippen molar-refractivity contribution in [2.75, 3.05) is 27.4 Å². The van der Waals surface area contributed by atoms with Gasteiger partial charge in [0.25, 0.3) is 0 Å². The van der Waals surface area contributed by atoms with Gasteiger partial charge in [-0.05, 0) is 30.0 Å². The van der Waals surface area contributed by atoms with Gasteiger partial charge in [0.15, 0.2) is 11.5 Å². The summed E-state index contributed by atoms with van der Waals surface area (Å²) >= 11 is 0. The average molecular weight is 314 g/mol. The summed E-state index contributed by atoms with van der Waals surface area (Å²) in [4.78, 5) is 0. The maximum Gasteiger partial charge on any atom is 0.164 e. The van der Waals surface area contributed by atoms with Crippen LogP contribution in [-0.2, 0) is 5.41 Å². The van der Waals surface area contributed by atoms with E-state index in [1.165, 1.54) is 5.56 Å². The van der Waals surface area contributed by atoms with Crippen molar-refractivity contribution in [2.45, 2.75) is 11.8 Å². The SMILES string of the molecule is COc1ccc(OCC2(c3ccccc3)CC2CO)cc1OC. The van der Waals surface area contributed by atoms with Crippen molar-refractivity contribution >= 4 is 0 Å². The number of hydrogen-bond donors (Lipinski definition) is 1. The molecule has 1 aliphatic carbocycles. The fourth-order valence-electron chi connectivity index (χ4n) is 3.12. The van der Waals surface area contributed by atoms with Gasteiger partial charge < -0.3 is 19.3 Å². The van der Waals surface area contributed by atoms with Crippen LogP contribution in [0.3, 0.4) is 0 Å². The van der Waals surface area contributed by atoms with E-state index in [0.29, 0.717) is 18.1 Å². The molecule has 0 amide bonds. The maximum absolute atomic E-state index is 9.56. The van der Waals surface area contributed by atoms with Gasteiger partial charge in [0, 0.05) is 18.1 Å². The van der Waals surface area contributed by atoms with Gasteiger partial charge in [0.2, 0.25) is 0 Å². The third-order valence-corrected chi connectivity index (χ3v) is 4.65. The van der Waals surface area contributed by atoms with Gasteiger partial charge in [-0.15, -0.1) is 0 Å². The first kappa shape index (κ1) is 15.7. The monoisotopic (exact) mass is 314 g/mol. The van der Waals surface area contributed by atoms with Crippen molar-refractivity contribution in [1.82, 2.24) is 0 Å². The van der Waals surface area contributed by atoms with Gasteiger partial charge in [0.1, 0.15) is 5.75 Å². The number of rotatable bonds is 7. The summed E-state index contributed by atoms with van der Waals surface area (Å²) in [7, 11) is 3.22. The minimum absolute atomic E-state index is 0.0941. The van der Waals surface area contributed by atoms with Crippen molar-refractivity contribution in [2.24, 2.45) is 5.92 Å². The summed E-state index contributed by atoms with van der Waals surface area (Å²) in [5.74, 6) is 2.32. The Morgan fingerprint density at radius 3 is 2.39 bits per heavy atom. The Hall–Kier alpha value is -2.20. The summed E-state index contributed by atoms with van der Waals surface area (Å²) in [5, 5.41) is 9.56. The van der Waals surface area contributed by atoms with Crippen LogP contribution >= 0.6 is 0 Å². The van der Waals surface area contributed by atoms with Gasteiger partial charge in [-0.25, -0.2) is 0 Å². The molecule has 1 saturated carbocycles. The van der Waals surface area contributed by atoms with E-state index in [1.54, 1.807) is 14.2 Å². The maximum atomic E-state index is 9.56. The van der Waals surface area contributed by atoms with Crippen LogP contribution in [0.15, 0.2) is 48.5 Å². The Kier molecular flexibility index (Phi) is 4.44. The van der Waals surface area contributed by atoms with Crippen molar-refractivity contribution < 1.29 is 19.3 Å². The zero-order chi connectivity index (χ0) is 16.3. The van der Waals surface area contributed by atoms with Gasteiger partial charge >= 0.3 is 0 Å². The van der Waals surface area contributed by atoms with Crippen molar-refractivity contribution in [3.05, 3.63) is 54.1 Å². The summed E-state index contributed by atoms with van der Waals surface area (Å²) in [6.45, 7) is 0.724. The van der Waals surface area contributed by atoms with Crippen LogP contribution in [0.1, 0.15) is 12.0 Å². The van der Waals surface area contributed by atoms with E-state index < -0.39 is 0 Å². The molecule has 2 unspecified atom stereocenters. The summed E-state index contributed by atoms with van der Waals surface area (Å²) in [5.41, 5.74) is 1.13. The molecule has 4 nitrogen and oxygen atoms in total. The van der Waals surface area contributed by atoms with Crippen LogP contribution < -0.4 is 14.2 Å². The Morgan fingerprint density at radius 2 is 1.78 bits per heavy atom. The molecule has 122 valence electrons. The molecule has 1 fully saturated rings. The molecule has 1 N–H and O–H groups in total. The summed E-state index contributed by atoms with van der Waals surface area (Å²) in [6.07, 6.45) is 0.945. The topological polar surface area (TPSA) is 47.9 Å². The highest BCUT2D eigenvalue weighted by atomic mass is 16.5. The second-order valence-corrected chi connectivity index (χ2v) is 5.91. The molecule has 0 heterocycles. The first-order chi connectivity index (χ1) is 11.2. The van der Waals surface area contributed by atoms with Crippen LogP contribution in [0.5, 0.6) is 17.2 Å². The predicted octanol–water partition coefficient (Wildman–Crippen LogP) is 3.03. The molecule has 0 radical (unpaired) electrons. The van der Waals surface area contributed by atoms with Crippen molar-refractivity contribution in [3.63, 3.8) is 0 Å².